The Morgan fingerprint density at radius 3 is 2.93 bits per heavy atom. The minimum atomic E-state index is -0.941. The molecule has 0 fully saturated rings. The van der Waals surface area contributed by atoms with Crippen LogP contribution in [0.15, 0.2) is 24.3 Å². The molecule has 2 N–H and O–H groups in total. The number of esters is 1. The highest BCUT2D eigenvalue weighted by Gasteiger charge is 2.40. The van der Waals surface area contributed by atoms with Crippen molar-refractivity contribution in [2.45, 2.75) is 24.8 Å². The molecule has 1 aliphatic carbocycles. The lowest BCUT2D eigenvalue weighted by Crippen LogP contribution is -2.48. The van der Waals surface area contributed by atoms with Crippen LogP contribution in [0.3, 0.4) is 0 Å². The van der Waals surface area contributed by atoms with E-state index < -0.39 is 5.54 Å². The Morgan fingerprint density at radius 1 is 1.47 bits per heavy atom. The highest BCUT2D eigenvalue weighted by molar-refractivity contribution is 5.83. The van der Waals surface area contributed by atoms with Crippen LogP contribution in [0, 0.1) is 0 Å². The zero-order valence-electron chi connectivity index (χ0n) is 8.82. The van der Waals surface area contributed by atoms with Crippen LogP contribution >= 0.6 is 0 Å². The zero-order chi connectivity index (χ0) is 10.9. The van der Waals surface area contributed by atoms with Gasteiger partial charge in [0.25, 0.3) is 0 Å². The number of hydrogen-bond donors (Lipinski definition) is 1. The average molecular weight is 205 g/mol. The van der Waals surface area contributed by atoms with Crippen LogP contribution < -0.4 is 5.73 Å². The van der Waals surface area contributed by atoms with Gasteiger partial charge in [0, 0.05) is 0 Å². The predicted octanol–water partition coefficient (Wildman–Crippen LogP) is 1.35. The Balaban J connectivity index is 2.49. The third-order valence-corrected chi connectivity index (χ3v) is 3.06. The van der Waals surface area contributed by atoms with Crippen molar-refractivity contribution in [1.29, 1.82) is 0 Å². The van der Waals surface area contributed by atoms with E-state index in [-0.39, 0.29) is 5.97 Å². The van der Waals surface area contributed by atoms with E-state index in [9.17, 15) is 4.79 Å². The summed E-state index contributed by atoms with van der Waals surface area (Å²) in [6, 6.07) is 7.83. The van der Waals surface area contributed by atoms with E-state index in [1.54, 1.807) is 0 Å². The number of aryl methyl sites for hydroxylation is 1. The van der Waals surface area contributed by atoms with Crippen molar-refractivity contribution in [3.05, 3.63) is 35.4 Å². The maximum atomic E-state index is 11.7. The van der Waals surface area contributed by atoms with E-state index in [0.29, 0.717) is 6.42 Å². The zero-order valence-corrected chi connectivity index (χ0v) is 8.82. The van der Waals surface area contributed by atoms with Crippen LogP contribution in [0.2, 0.25) is 0 Å². The molecule has 80 valence electrons. The summed E-state index contributed by atoms with van der Waals surface area (Å²) in [4.78, 5) is 11.7. The largest absolute Gasteiger partial charge is 0.467 e. The molecule has 0 amide bonds. The lowest BCUT2D eigenvalue weighted by atomic mass is 9.77. The Morgan fingerprint density at radius 2 is 2.20 bits per heavy atom. The minimum absolute atomic E-state index is 0.338. The molecule has 3 heteroatoms. The van der Waals surface area contributed by atoms with Crippen LogP contribution in [-0.2, 0) is 21.5 Å². The van der Waals surface area contributed by atoms with Crippen molar-refractivity contribution >= 4 is 5.97 Å². The van der Waals surface area contributed by atoms with Crippen LogP contribution in [0.25, 0.3) is 0 Å². The molecule has 0 saturated carbocycles. The number of carbonyl (C=O) groups excluding carboxylic acids is 1. The lowest BCUT2D eigenvalue weighted by molar-refractivity contribution is -0.148. The van der Waals surface area contributed by atoms with E-state index in [4.69, 9.17) is 10.5 Å². The molecule has 3 nitrogen and oxygen atoms in total. The highest BCUT2D eigenvalue weighted by Crippen LogP contribution is 2.33. The Hall–Kier alpha value is -1.35. The summed E-state index contributed by atoms with van der Waals surface area (Å²) in [7, 11) is 1.38. The Labute approximate surface area is 89.2 Å². The van der Waals surface area contributed by atoms with Crippen molar-refractivity contribution in [3.8, 4) is 0 Å². The maximum Gasteiger partial charge on any atom is 0.330 e. The van der Waals surface area contributed by atoms with Gasteiger partial charge in [-0.25, -0.2) is 4.79 Å². The number of fused-ring (bicyclic) bond motifs is 1. The van der Waals surface area contributed by atoms with Crippen LogP contribution in [0.4, 0.5) is 0 Å². The third-order valence-electron chi connectivity index (χ3n) is 3.06. The molecular weight excluding hydrogens is 190 g/mol. The van der Waals surface area contributed by atoms with Crippen molar-refractivity contribution in [2.24, 2.45) is 5.73 Å². The molecule has 0 spiro atoms. The first kappa shape index (κ1) is 10.2. The summed E-state index contributed by atoms with van der Waals surface area (Å²) >= 11 is 0. The number of methoxy groups -OCH3 is 1. The summed E-state index contributed by atoms with van der Waals surface area (Å²) in [5.41, 5.74) is 7.29. The average Bonchev–Trinajstić information content (AvgIpc) is 2.28. The smallest absolute Gasteiger partial charge is 0.330 e. The van der Waals surface area contributed by atoms with E-state index in [1.165, 1.54) is 7.11 Å². The third kappa shape index (κ3) is 1.53. The van der Waals surface area contributed by atoms with Crippen LogP contribution in [0.5, 0.6) is 0 Å². The predicted molar refractivity (Wildman–Crippen MR) is 57.3 cm³/mol. The molecule has 1 aromatic carbocycles. The summed E-state index contributed by atoms with van der Waals surface area (Å²) in [6.45, 7) is 0. The van der Waals surface area contributed by atoms with Gasteiger partial charge >= 0.3 is 5.97 Å². The fourth-order valence-electron chi connectivity index (χ4n) is 2.26. The van der Waals surface area contributed by atoms with E-state index >= 15 is 0 Å². The molecular formula is C12H15NO2. The van der Waals surface area contributed by atoms with Gasteiger partial charge in [-0.3, -0.25) is 0 Å². The van der Waals surface area contributed by atoms with E-state index in [0.717, 1.165) is 24.0 Å². The number of rotatable bonds is 1. The molecule has 0 radical (unpaired) electrons. The first-order valence-corrected chi connectivity index (χ1v) is 5.14. The van der Waals surface area contributed by atoms with Gasteiger partial charge in [-0.2, -0.15) is 0 Å². The second-order valence-electron chi connectivity index (χ2n) is 3.97. The molecule has 1 aromatic rings. The topological polar surface area (TPSA) is 52.3 Å². The van der Waals surface area contributed by atoms with Gasteiger partial charge in [0.15, 0.2) is 0 Å². The molecule has 0 saturated heterocycles. The summed E-state index contributed by atoms with van der Waals surface area (Å²) in [5.74, 6) is -0.338. The molecule has 1 atom stereocenters. The van der Waals surface area contributed by atoms with Crippen molar-refractivity contribution < 1.29 is 9.53 Å². The minimum Gasteiger partial charge on any atom is -0.467 e. The quantitative estimate of drug-likeness (QED) is 0.704. The molecule has 2 rings (SSSR count). The van der Waals surface area contributed by atoms with Gasteiger partial charge in [0.05, 0.1) is 7.11 Å². The van der Waals surface area contributed by atoms with E-state index in [2.05, 4.69) is 0 Å². The second kappa shape index (κ2) is 3.66. The molecule has 0 heterocycles. The van der Waals surface area contributed by atoms with Gasteiger partial charge in [-0.1, -0.05) is 24.3 Å². The summed E-state index contributed by atoms with van der Waals surface area (Å²) < 4.78 is 4.79. The lowest BCUT2D eigenvalue weighted by Gasteiger charge is -2.32. The van der Waals surface area contributed by atoms with Gasteiger partial charge in [0.1, 0.15) is 5.54 Å². The van der Waals surface area contributed by atoms with Gasteiger partial charge in [-0.05, 0) is 30.4 Å². The number of ether oxygens (including phenoxy) is 1. The van der Waals surface area contributed by atoms with Crippen LogP contribution in [-0.4, -0.2) is 13.1 Å². The summed E-state index contributed by atoms with van der Waals surface area (Å²) in [5, 5.41) is 0. The van der Waals surface area contributed by atoms with Crippen molar-refractivity contribution in [2.75, 3.05) is 7.11 Å². The number of carbonyl (C=O) groups is 1. The standard InChI is InChI=1S/C12H15NO2/c1-15-11(14)12(13)8-4-6-9-5-2-3-7-10(9)12/h2-3,5,7H,4,6,8,13H2,1H3. The number of nitrogens with two attached hydrogens (primary N) is 1. The Bertz CT molecular complexity index is 389. The van der Waals surface area contributed by atoms with Crippen LogP contribution in [0.1, 0.15) is 24.0 Å². The van der Waals surface area contributed by atoms with Gasteiger partial charge in [0.2, 0.25) is 0 Å². The van der Waals surface area contributed by atoms with Gasteiger partial charge in [-0.15, -0.1) is 0 Å². The summed E-state index contributed by atoms with van der Waals surface area (Å²) in [6.07, 6.45) is 2.59. The molecule has 0 aromatic heterocycles. The first-order chi connectivity index (χ1) is 7.18. The van der Waals surface area contributed by atoms with Crippen molar-refractivity contribution in [3.63, 3.8) is 0 Å². The SMILES string of the molecule is COC(=O)C1(N)CCCc2ccccc21. The fourth-order valence-corrected chi connectivity index (χ4v) is 2.26. The normalized spacial score (nSPS) is 24.4. The molecule has 0 aliphatic heterocycles. The number of benzene rings is 1. The highest BCUT2D eigenvalue weighted by atomic mass is 16.5. The van der Waals surface area contributed by atoms with E-state index in [1.807, 2.05) is 24.3 Å². The molecule has 1 unspecified atom stereocenters. The number of hydrogen-bond acceptors (Lipinski definition) is 3. The molecule has 15 heavy (non-hydrogen) atoms. The second-order valence-corrected chi connectivity index (χ2v) is 3.97. The fraction of sp³-hybridized carbons (Fsp3) is 0.417. The van der Waals surface area contributed by atoms with Gasteiger partial charge < -0.3 is 10.5 Å². The monoisotopic (exact) mass is 205 g/mol. The maximum absolute atomic E-state index is 11.7. The molecule has 0 bridgehead atoms. The first-order valence-electron chi connectivity index (χ1n) is 5.14. The molecule has 1 aliphatic rings. The Kier molecular flexibility index (Phi) is 2.49. The van der Waals surface area contributed by atoms with Crippen molar-refractivity contribution in [1.82, 2.24) is 0 Å².